The number of ether oxygens (including phenoxy) is 2. The van der Waals surface area contributed by atoms with E-state index in [0.29, 0.717) is 46.2 Å². The Bertz CT molecular complexity index is 1160. The summed E-state index contributed by atoms with van der Waals surface area (Å²) in [6, 6.07) is 5.67. The molecule has 1 amide bonds. The lowest BCUT2D eigenvalue weighted by Crippen LogP contribution is -2.48. The van der Waals surface area contributed by atoms with Gasteiger partial charge in [-0.15, -0.1) is 0 Å². The fourth-order valence-electron chi connectivity index (χ4n) is 4.41. The molecule has 2 fully saturated rings. The molecule has 1 saturated heterocycles. The van der Waals surface area contributed by atoms with Gasteiger partial charge in [-0.25, -0.2) is 9.97 Å². The van der Waals surface area contributed by atoms with Crippen molar-refractivity contribution in [1.82, 2.24) is 20.1 Å². The Morgan fingerprint density at radius 1 is 1.24 bits per heavy atom. The highest BCUT2D eigenvalue weighted by Gasteiger charge is 2.28. The van der Waals surface area contributed by atoms with Crippen molar-refractivity contribution in [3.05, 3.63) is 46.0 Å². The fourth-order valence-corrected chi connectivity index (χ4v) is 4.41. The minimum atomic E-state index is -0.243. The molecule has 2 aromatic rings. The van der Waals surface area contributed by atoms with Crippen LogP contribution in [-0.4, -0.2) is 61.4 Å². The Balaban J connectivity index is 1.23. The summed E-state index contributed by atoms with van der Waals surface area (Å²) in [5, 5.41) is 23.0. The first-order chi connectivity index (χ1) is 16.1. The molecular weight excluding hydrogens is 426 g/mol. The quantitative estimate of drug-likeness (QED) is 0.463. The summed E-state index contributed by atoms with van der Waals surface area (Å²) in [6.07, 6.45) is 5.00. The molecule has 0 radical (unpaired) electrons. The van der Waals surface area contributed by atoms with Gasteiger partial charge in [0.2, 0.25) is 11.3 Å². The minimum absolute atomic E-state index is 0.0132. The molecule has 33 heavy (non-hydrogen) atoms. The van der Waals surface area contributed by atoms with E-state index in [9.17, 15) is 10.0 Å². The second-order valence-electron chi connectivity index (χ2n) is 8.36. The van der Waals surface area contributed by atoms with Gasteiger partial charge in [-0.05, 0) is 36.6 Å². The summed E-state index contributed by atoms with van der Waals surface area (Å²) in [6.45, 7) is 2.98. The summed E-state index contributed by atoms with van der Waals surface area (Å²) in [7, 11) is 1.57. The van der Waals surface area contributed by atoms with Crippen LogP contribution in [0.4, 0.5) is 11.6 Å². The summed E-state index contributed by atoms with van der Waals surface area (Å²) < 4.78 is 11.8. The maximum Gasteiger partial charge on any atom is 0.318 e. The molecule has 2 aliphatic heterocycles. The predicted molar refractivity (Wildman–Crippen MR) is 121 cm³/mol. The second kappa shape index (κ2) is 9.18. The number of morpholine rings is 1. The third-order valence-corrected chi connectivity index (χ3v) is 6.22. The topological polar surface area (TPSA) is 127 Å². The lowest BCUT2D eigenvalue weighted by atomic mass is 9.93. The van der Waals surface area contributed by atoms with Gasteiger partial charge in [-0.1, -0.05) is 0 Å². The molecule has 2 N–H and O–H groups in total. The van der Waals surface area contributed by atoms with Crippen LogP contribution in [0.1, 0.15) is 36.2 Å². The average Bonchev–Trinajstić information content (AvgIpc) is 2.84. The molecule has 1 aliphatic carbocycles. The van der Waals surface area contributed by atoms with Gasteiger partial charge in [0.15, 0.2) is 5.75 Å². The normalized spacial score (nSPS) is 22.0. The summed E-state index contributed by atoms with van der Waals surface area (Å²) in [5.41, 5.74) is 1.34. The van der Waals surface area contributed by atoms with E-state index >= 15 is 0 Å². The number of hydrogen-bond donors (Lipinski definition) is 2. The molecule has 3 heterocycles. The first-order valence-electron chi connectivity index (χ1n) is 11.3. The number of nitrogens with zero attached hydrogens (tertiary/aromatic N) is 5. The van der Waals surface area contributed by atoms with Gasteiger partial charge < -0.3 is 30.2 Å². The number of rotatable bonds is 6. The second-order valence-corrected chi connectivity index (χ2v) is 8.36. The van der Waals surface area contributed by atoms with Gasteiger partial charge in [0.1, 0.15) is 5.69 Å². The van der Waals surface area contributed by atoms with E-state index in [2.05, 4.69) is 30.6 Å². The molecule has 11 nitrogen and oxygen atoms in total. The first kappa shape index (κ1) is 21.4. The molecule has 5 rings (SSSR count). The molecule has 1 saturated carbocycles. The van der Waals surface area contributed by atoms with Crippen molar-refractivity contribution in [3.8, 4) is 5.75 Å². The summed E-state index contributed by atoms with van der Waals surface area (Å²) >= 11 is 0. The summed E-state index contributed by atoms with van der Waals surface area (Å²) in [4.78, 5) is 23.2. The Morgan fingerprint density at radius 3 is 2.76 bits per heavy atom. The lowest BCUT2D eigenvalue weighted by Gasteiger charge is -2.31. The summed E-state index contributed by atoms with van der Waals surface area (Å²) in [5.74, 6) is 0.799. The van der Waals surface area contributed by atoms with E-state index in [0.717, 1.165) is 44.5 Å². The van der Waals surface area contributed by atoms with Gasteiger partial charge >= 0.3 is 5.36 Å². The van der Waals surface area contributed by atoms with Crippen LogP contribution in [0.5, 0.6) is 5.75 Å². The zero-order valence-electron chi connectivity index (χ0n) is 18.5. The van der Waals surface area contributed by atoms with Crippen molar-refractivity contribution in [3.63, 3.8) is 0 Å². The number of fused-ring (bicyclic) bond motifs is 1. The third-order valence-electron chi connectivity index (χ3n) is 6.22. The van der Waals surface area contributed by atoms with Gasteiger partial charge in [0, 0.05) is 55.3 Å². The predicted octanol–water partition coefficient (Wildman–Crippen LogP) is 0.0120. The number of anilines is 2. The van der Waals surface area contributed by atoms with Crippen LogP contribution in [0.2, 0.25) is 0 Å². The number of nitrogens with one attached hydrogen (secondary N) is 2. The number of aromatic nitrogens is 2. The van der Waals surface area contributed by atoms with Gasteiger partial charge in [-0.2, -0.15) is 0 Å². The highest BCUT2D eigenvalue weighted by Crippen LogP contribution is 2.26. The van der Waals surface area contributed by atoms with E-state index in [4.69, 9.17) is 9.47 Å². The Kier molecular flexibility index (Phi) is 5.95. The van der Waals surface area contributed by atoms with E-state index in [1.807, 2.05) is 12.1 Å². The molecule has 1 aromatic heterocycles. The van der Waals surface area contributed by atoms with Gasteiger partial charge in [-0.3, -0.25) is 4.79 Å². The number of hydrogen-bond acceptors (Lipinski definition) is 9. The van der Waals surface area contributed by atoms with Crippen molar-refractivity contribution >= 4 is 17.5 Å². The van der Waals surface area contributed by atoms with Crippen LogP contribution in [-0.2, 0) is 4.74 Å². The van der Waals surface area contributed by atoms with Crippen molar-refractivity contribution in [2.45, 2.75) is 37.8 Å². The van der Waals surface area contributed by atoms with E-state index < -0.39 is 0 Å². The van der Waals surface area contributed by atoms with Crippen LogP contribution in [0.3, 0.4) is 0 Å². The number of amides is 1. The maximum absolute atomic E-state index is 12.0. The minimum Gasteiger partial charge on any atom is -0.594 e. The van der Waals surface area contributed by atoms with Crippen molar-refractivity contribution in [1.29, 1.82) is 0 Å². The zero-order valence-corrected chi connectivity index (χ0v) is 18.5. The van der Waals surface area contributed by atoms with E-state index in [1.54, 1.807) is 19.3 Å². The Hall–Kier alpha value is -3.47. The Morgan fingerprint density at radius 2 is 2.03 bits per heavy atom. The van der Waals surface area contributed by atoms with Crippen LogP contribution in [0.15, 0.2) is 29.5 Å². The van der Waals surface area contributed by atoms with Gasteiger partial charge in [0.25, 0.3) is 5.91 Å². The number of benzene rings is 1. The number of carbonyl (C=O) groups excluding carboxylic acids is 1. The van der Waals surface area contributed by atoms with Crippen molar-refractivity contribution < 1.29 is 14.3 Å². The van der Waals surface area contributed by atoms with Crippen LogP contribution in [0.25, 0.3) is 0 Å². The van der Waals surface area contributed by atoms with Crippen LogP contribution >= 0.6 is 0 Å². The molecule has 0 bridgehead atoms. The maximum atomic E-state index is 12.0. The standard InChI is InChI=1S/C22H27N7O4/c1-23-21(30)17-6-7-24-22(26-17)25-14-2-4-16(5-3-14)33-19-13-15(28-8-10-32-11-9-28)12-18-20(19)29(31)27-18/h6-7,12-14,16H,2-5,8-11H2,1H3,(H,23,30)(H,24,25,26). The molecule has 0 unspecified atom stereocenters. The monoisotopic (exact) mass is 453 g/mol. The smallest absolute Gasteiger partial charge is 0.318 e. The molecule has 174 valence electrons. The SMILES string of the molecule is CNC(=O)c1ccnc(NC2CCC(Oc3cc(N4CCOCC4)cc4c3=[N+]([O-])N=4)CC2)n1. The lowest BCUT2D eigenvalue weighted by molar-refractivity contribution is 0.0958. The average molecular weight is 454 g/mol. The third kappa shape index (κ3) is 4.54. The van der Waals surface area contributed by atoms with E-state index in [1.165, 1.54) is 0 Å². The molecule has 0 atom stereocenters. The highest BCUT2D eigenvalue weighted by molar-refractivity contribution is 5.92. The molecule has 11 heteroatoms. The zero-order chi connectivity index (χ0) is 22.8. The first-order valence-corrected chi connectivity index (χ1v) is 11.3. The van der Waals surface area contributed by atoms with Crippen LogP contribution in [0, 0.1) is 5.21 Å². The molecular formula is C22H27N7O4. The Labute approximate surface area is 190 Å². The molecule has 1 aromatic carbocycles. The van der Waals surface area contributed by atoms with Gasteiger partial charge in [0.05, 0.1) is 19.3 Å². The number of carbonyl (C=O) groups is 1. The molecule has 3 aliphatic rings. The largest absolute Gasteiger partial charge is 0.594 e. The van der Waals surface area contributed by atoms with Crippen molar-refractivity contribution in [2.75, 3.05) is 43.6 Å². The molecule has 0 spiro atoms. The highest BCUT2D eigenvalue weighted by atomic mass is 16.5. The van der Waals surface area contributed by atoms with Crippen molar-refractivity contribution in [2.24, 2.45) is 5.10 Å². The van der Waals surface area contributed by atoms with E-state index in [-0.39, 0.29) is 18.1 Å². The van der Waals surface area contributed by atoms with Crippen LogP contribution < -0.4 is 35.8 Å². The fraction of sp³-hybridized carbons (Fsp3) is 0.500.